The highest BCUT2D eigenvalue weighted by Gasteiger charge is 2.23. The number of para-hydroxylation sites is 1. The maximum absolute atomic E-state index is 11.8. The maximum atomic E-state index is 11.8. The third-order valence-electron chi connectivity index (χ3n) is 3.30. The van der Waals surface area contributed by atoms with E-state index in [9.17, 15) is 9.59 Å². The smallest absolute Gasteiger partial charge is 0.328 e. The van der Waals surface area contributed by atoms with Crippen molar-refractivity contribution in [2.45, 2.75) is 6.42 Å². The molecule has 106 valence electrons. The SMILES string of the molecule is O=C1CCN(c2ccc(Nc3ccccc3)cc2)C(=O)N1. The Morgan fingerprint density at radius 3 is 2.24 bits per heavy atom. The molecule has 0 unspecified atom stereocenters. The molecule has 2 aromatic rings. The molecule has 0 spiro atoms. The third-order valence-corrected chi connectivity index (χ3v) is 3.30. The van der Waals surface area contributed by atoms with Gasteiger partial charge in [0.1, 0.15) is 0 Å². The first-order valence-corrected chi connectivity index (χ1v) is 6.76. The lowest BCUT2D eigenvalue weighted by atomic mass is 10.2. The molecule has 0 aromatic heterocycles. The van der Waals surface area contributed by atoms with Crippen LogP contribution >= 0.6 is 0 Å². The lowest BCUT2D eigenvalue weighted by molar-refractivity contribution is -0.120. The van der Waals surface area contributed by atoms with Crippen LogP contribution in [0.2, 0.25) is 0 Å². The largest absolute Gasteiger partial charge is 0.356 e. The van der Waals surface area contributed by atoms with Crippen LogP contribution in [-0.2, 0) is 4.79 Å². The van der Waals surface area contributed by atoms with E-state index in [1.165, 1.54) is 0 Å². The van der Waals surface area contributed by atoms with Crippen LogP contribution in [-0.4, -0.2) is 18.5 Å². The zero-order chi connectivity index (χ0) is 14.7. The van der Waals surface area contributed by atoms with E-state index >= 15 is 0 Å². The maximum Gasteiger partial charge on any atom is 0.328 e. The second-order valence-corrected chi connectivity index (χ2v) is 4.79. The average Bonchev–Trinajstić information content (AvgIpc) is 2.49. The normalized spacial score (nSPS) is 14.8. The van der Waals surface area contributed by atoms with Gasteiger partial charge in [0.2, 0.25) is 5.91 Å². The number of nitrogens with one attached hydrogen (secondary N) is 2. The Morgan fingerprint density at radius 2 is 1.57 bits per heavy atom. The predicted octanol–water partition coefficient (Wildman–Crippen LogP) is 2.88. The Labute approximate surface area is 122 Å². The van der Waals surface area contributed by atoms with Gasteiger partial charge in [0.05, 0.1) is 0 Å². The summed E-state index contributed by atoms with van der Waals surface area (Å²) in [6.07, 6.45) is 0.329. The molecule has 1 fully saturated rings. The van der Waals surface area contributed by atoms with E-state index in [0.29, 0.717) is 13.0 Å². The Balaban J connectivity index is 1.72. The molecule has 3 rings (SSSR count). The van der Waals surface area contributed by atoms with Crippen LogP contribution in [0.15, 0.2) is 54.6 Å². The van der Waals surface area contributed by atoms with Gasteiger partial charge in [0.15, 0.2) is 0 Å². The summed E-state index contributed by atoms with van der Waals surface area (Å²) in [7, 11) is 0. The topological polar surface area (TPSA) is 61.4 Å². The van der Waals surface area contributed by atoms with Crippen LogP contribution < -0.4 is 15.5 Å². The van der Waals surface area contributed by atoms with Crippen molar-refractivity contribution in [3.8, 4) is 0 Å². The van der Waals surface area contributed by atoms with Crippen molar-refractivity contribution < 1.29 is 9.59 Å². The van der Waals surface area contributed by atoms with Crippen molar-refractivity contribution in [1.29, 1.82) is 0 Å². The highest BCUT2D eigenvalue weighted by Crippen LogP contribution is 2.22. The molecule has 3 amide bonds. The fourth-order valence-corrected chi connectivity index (χ4v) is 2.22. The number of hydrogen-bond donors (Lipinski definition) is 2. The van der Waals surface area contributed by atoms with Crippen LogP contribution in [0.25, 0.3) is 0 Å². The number of anilines is 3. The number of urea groups is 1. The Bertz CT molecular complexity index is 653. The molecule has 0 aliphatic carbocycles. The van der Waals surface area contributed by atoms with E-state index < -0.39 is 0 Å². The summed E-state index contributed by atoms with van der Waals surface area (Å²) in [5.74, 6) is -0.224. The first-order chi connectivity index (χ1) is 10.2. The number of nitrogens with zero attached hydrogens (tertiary/aromatic N) is 1. The second-order valence-electron chi connectivity index (χ2n) is 4.79. The predicted molar refractivity (Wildman–Crippen MR) is 81.7 cm³/mol. The summed E-state index contributed by atoms with van der Waals surface area (Å²) in [5.41, 5.74) is 2.73. The van der Waals surface area contributed by atoms with Crippen molar-refractivity contribution >= 4 is 29.0 Å². The summed E-state index contributed by atoms with van der Waals surface area (Å²) < 4.78 is 0. The zero-order valence-corrected chi connectivity index (χ0v) is 11.4. The minimum absolute atomic E-state index is 0.224. The molecule has 5 nitrogen and oxygen atoms in total. The van der Waals surface area contributed by atoms with E-state index in [1.807, 2.05) is 54.6 Å². The summed E-state index contributed by atoms with van der Waals surface area (Å²) in [5, 5.41) is 5.59. The lowest BCUT2D eigenvalue weighted by Gasteiger charge is -2.26. The van der Waals surface area contributed by atoms with Gasteiger partial charge in [0, 0.05) is 30.0 Å². The monoisotopic (exact) mass is 281 g/mol. The number of amides is 3. The molecular weight excluding hydrogens is 266 g/mol. The van der Waals surface area contributed by atoms with Crippen LogP contribution in [0, 0.1) is 0 Å². The summed E-state index contributed by atoms with van der Waals surface area (Å²) in [6.45, 7) is 0.413. The molecular formula is C16H15N3O2. The van der Waals surface area contributed by atoms with Crippen LogP contribution in [0.4, 0.5) is 21.9 Å². The number of carbonyl (C=O) groups excluding carboxylic acids is 2. The molecule has 0 radical (unpaired) electrons. The minimum Gasteiger partial charge on any atom is -0.356 e. The van der Waals surface area contributed by atoms with E-state index in [0.717, 1.165) is 17.1 Å². The number of carbonyl (C=O) groups is 2. The molecule has 1 aliphatic rings. The molecule has 1 aliphatic heterocycles. The Morgan fingerprint density at radius 1 is 0.905 bits per heavy atom. The summed E-state index contributed by atoms with van der Waals surface area (Å²) in [6, 6.07) is 17.0. The van der Waals surface area contributed by atoms with Gasteiger partial charge in [-0.3, -0.25) is 15.0 Å². The van der Waals surface area contributed by atoms with E-state index in [4.69, 9.17) is 0 Å². The highest BCUT2D eigenvalue weighted by molar-refractivity contribution is 6.05. The molecule has 1 heterocycles. The van der Waals surface area contributed by atoms with Crippen LogP contribution in [0.3, 0.4) is 0 Å². The minimum atomic E-state index is -0.366. The molecule has 21 heavy (non-hydrogen) atoms. The van der Waals surface area contributed by atoms with Crippen molar-refractivity contribution in [2.24, 2.45) is 0 Å². The molecule has 0 bridgehead atoms. The standard InChI is InChI=1S/C16H15N3O2/c20-15-10-11-19(16(21)18-15)14-8-6-13(7-9-14)17-12-4-2-1-3-5-12/h1-9,17H,10-11H2,(H,18,20,21). The van der Waals surface area contributed by atoms with Gasteiger partial charge < -0.3 is 5.32 Å². The van der Waals surface area contributed by atoms with Gasteiger partial charge in [0.25, 0.3) is 0 Å². The van der Waals surface area contributed by atoms with Crippen molar-refractivity contribution in [2.75, 3.05) is 16.8 Å². The number of hydrogen-bond acceptors (Lipinski definition) is 3. The fourth-order valence-electron chi connectivity index (χ4n) is 2.22. The van der Waals surface area contributed by atoms with Crippen molar-refractivity contribution in [3.05, 3.63) is 54.6 Å². The molecule has 2 N–H and O–H groups in total. The summed E-state index contributed by atoms with van der Waals surface area (Å²) in [4.78, 5) is 24.5. The quantitative estimate of drug-likeness (QED) is 0.909. The van der Waals surface area contributed by atoms with Gasteiger partial charge in [-0.2, -0.15) is 0 Å². The van der Waals surface area contributed by atoms with E-state index in [2.05, 4.69) is 10.6 Å². The first-order valence-electron chi connectivity index (χ1n) is 6.76. The number of benzene rings is 2. The molecule has 2 aromatic carbocycles. The van der Waals surface area contributed by atoms with Crippen LogP contribution in [0.1, 0.15) is 6.42 Å². The highest BCUT2D eigenvalue weighted by atomic mass is 16.2. The van der Waals surface area contributed by atoms with E-state index in [1.54, 1.807) is 4.90 Å². The molecule has 5 heteroatoms. The third kappa shape index (κ3) is 3.02. The Hall–Kier alpha value is -2.82. The van der Waals surface area contributed by atoms with E-state index in [-0.39, 0.29) is 11.9 Å². The molecule has 0 atom stereocenters. The average molecular weight is 281 g/mol. The fraction of sp³-hybridized carbons (Fsp3) is 0.125. The molecule has 1 saturated heterocycles. The van der Waals surface area contributed by atoms with Gasteiger partial charge in [-0.05, 0) is 36.4 Å². The van der Waals surface area contributed by atoms with Crippen molar-refractivity contribution in [1.82, 2.24) is 5.32 Å². The molecule has 0 saturated carbocycles. The summed E-state index contributed by atoms with van der Waals surface area (Å²) >= 11 is 0. The second kappa shape index (κ2) is 5.66. The first kappa shape index (κ1) is 13.2. The van der Waals surface area contributed by atoms with Crippen LogP contribution in [0.5, 0.6) is 0 Å². The Kier molecular flexibility index (Phi) is 3.55. The number of rotatable bonds is 3. The van der Waals surface area contributed by atoms with Gasteiger partial charge >= 0.3 is 6.03 Å². The van der Waals surface area contributed by atoms with Crippen molar-refractivity contribution in [3.63, 3.8) is 0 Å². The van der Waals surface area contributed by atoms with Gasteiger partial charge in [-0.25, -0.2) is 4.79 Å². The zero-order valence-electron chi connectivity index (χ0n) is 11.4. The van der Waals surface area contributed by atoms with Gasteiger partial charge in [-0.1, -0.05) is 18.2 Å². The lowest BCUT2D eigenvalue weighted by Crippen LogP contribution is -2.49. The number of imide groups is 1. The van der Waals surface area contributed by atoms with Gasteiger partial charge in [-0.15, -0.1) is 0 Å².